The monoisotopic (exact) mass is 496 g/mol. The molecule has 10 heteroatoms. The van der Waals surface area contributed by atoms with Crippen molar-refractivity contribution in [3.63, 3.8) is 0 Å². The van der Waals surface area contributed by atoms with Crippen molar-refractivity contribution in [1.29, 1.82) is 0 Å². The minimum atomic E-state index is -2.94. The number of hydrogen-bond acceptors (Lipinski definition) is 6. The number of hydrogen-bond donors (Lipinski definition) is 1. The van der Waals surface area contributed by atoms with Crippen molar-refractivity contribution in [2.75, 3.05) is 7.05 Å². The summed E-state index contributed by atoms with van der Waals surface area (Å²) in [6, 6.07) is 14.6. The second-order valence-electron chi connectivity index (χ2n) is 9.18. The normalized spacial score (nSPS) is 23.0. The van der Waals surface area contributed by atoms with E-state index < -0.39 is 23.7 Å². The molecule has 2 atom stereocenters. The molecule has 3 heterocycles. The predicted octanol–water partition coefficient (Wildman–Crippen LogP) is 4.26. The summed E-state index contributed by atoms with van der Waals surface area (Å²) in [4.78, 5) is 23.2. The number of alkyl halides is 2. The number of rotatable bonds is 5. The number of fused-ring (bicyclic) bond motifs is 2. The Kier molecular flexibility index (Phi) is 5.61. The number of likely N-dealkylation sites (N-methyl/N-ethyl adjacent to an activating group) is 1. The van der Waals surface area contributed by atoms with Gasteiger partial charge in [0.25, 0.3) is 5.91 Å². The topological polar surface area (TPSA) is 90.0 Å². The molecule has 1 amide bonds. The Morgan fingerprint density at radius 3 is 2.69 bits per heavy atom. The highest BCUT2D eigenvalue weighted by Crippen LogP contribution is 2.50. The van der Waals surface area contributed by atoms with Crippen LogP contribution in [0.15, 0.2) is 65.8 Å². The van der Waals surface area contributed by atoms with E-state index in [-0.39, 0.29) is 36.0 Å². The molecule has 0 bridgehead atoms. The van der Waals surface area contributed by atoms with Crippen LogP contribution in [0.5, 0.6) is 11.5 Å². The average molecular weight is 496 g/mol. The molecule has 2 N–H and O–H groups in total. The zero-order valence-corrected chi connectivity index (χ0v) is 19.5. The highest BCUT2D eigenvalue weighted by atomic mass is 19.3. The van der Waals surface area contributed by atoms with Crippen molar-refractivity contribution in [3.8, 4) is 22.6 Å². The van der Waals surface area contributed by atoms with Gasteiger partial charge in [0.15, 0.2) is 11.5 Å². The second-order valence-corrected chi connectivity index (χ2v) is 9.18. The number of nitrogens with zero attached hydrogens (tertiary/aromatic N) is 3. The van der Waals surface area contributed by atoms with Gasteiger partial charge in [0.2, 0.25) is 5.95 Å². The molecule has 1 aromatic heterocycles. The van der Waals surface area contributed by atoms with Gasteiger partial charge in [0.1, 0.15) is 17.1 Å². The zero-order valence-electron chi connectivity index (χ0n) is 19.5. The van der Waals surface area contributed by atoms with Gasteiger partial charge in [-0.2, -0.15) is 13.2 Å². The summed E-state index contributed by atoms with van der Waals surface area (Å²) in [5, 5.41) is 0. The summed E-state index contributed by atoms with van der Waals surface area (Å²) < 4.78 is 50.8. The first-order valence-electron chi connectivity index (χ1n) is 11.2. The van der Waals surface area contributed by atoms with E-state index in [0.29, 0.717) is 22.4 Å². The molecule has 0 saturated carbocycles. The lowest BCUT2D eigenvalue weighted by atomic mass is 9.74. The van der Waals surface area contributed by atoms with Crippen molar-refractivity contribution in [2.24, 2.45) is 10.7 Å². The highest BCUT2D eigenvalue weighted by Gasteiger charge is 2.56. The molecule has 0 radical (unpaired) electrons. The lowest BCUT2D eigenvalue weighted by Crippen LogP contribution is -2.51. The summed E-state index contributed by atoms with van der Waals surface area (Å²) >= 11 is 0. The fourth-order valence-electron chi connectivity index (χ4n) is 5.00. The van der Waals surface area contributed by atoms with Crippen molar-refractivity contribution in [2.45, 2.75) is 37.5 Å². The number of halogens is 3. The Hall–Kier alpha value is -4.08. The molecule has 2 aliphatic rings. The van der Waals surface area contributed by atoms with E-state index in [0.717, 1.165) is 0 Å². The van der Waals surface area contributed by atoms with Gasteiger partial charge >= 0.3 is 6.61 Å². The number of aromatic nitrogens is 1. The van der Waals surface area contributed by atoms with E-state index in [4.69, 9.17) is 10.5 Å². The number of amides is 1. The minimum absolute atomic E-state index is 0.0269. The van der Waals surface area contributed by atoms with E-state index >= 15 is 0 Å². The van der Waals surface area contributed by atoms with Crippen molar-refractivity contribution < 1.29 is 27.4 Å². The third kappa shape index (κ3) is 4.02. The van der Waals surface area contributed by atoms with Gasteiger partial charge in [0.05, 0.1) is 0 Å². The first-order valence-corrected chi connectivity index (χ1v) is 11.2. The van der Waals surface area contributed by atoms with Gasteiger partial charge < -0.3 is 15.2 Å². The van der Waals surface area contributed by atoms with Crippen LogP contribution in [0.25, 0.3) is 11.1 Å². The molecule has 2 aliphatic heterocycles. The summed E-state index contributed by atoms with van der Waals surface area (Å²) in [6.45, 7) is -1.12. The number of carbonyl (C=O) groups is 1. The number of benzene rings is 2. The third-order valence-corrected chi connectivity index (χ3v) is 6.49. The van der Waals surface area contributed by atoms with E-state index in [9.17, 15) is 18.0 Å². The summed E-state index contributed by atoms with van der Waals surface area (Å²) in [6.07, 6.45) is 1.75. The molecular weight excluding hydrogens is 473 g/mol. The number of aliphatic imine (C=N–C) groups is 1. The van der Waals surface area contributed by atoms with E-state index in [2.05, 4.69) is 14.7 Å². The van der Waals surface area contributed by atoms with Crippen LogP contribution in [0.4, 0.5) is 13.2 Å². The minimum Gasteiger partial charge on any atom is -0.487 e. The molecule has 2 aromatic carbocycles. The predicted molar refractivity (Wildman–Crippen MR) is 126 cm³/mol. The fraction of sp³-hybridized carbons (Fsp3) is 0.269. The van der Waals surface area contributed by atoms with Gasteiger partial charge in [-0.05, 0) is 54.4 Å². The number of nitrogens with two attached hydrogens (primary N) is 1. The third-order valence-electron chi connectivity index (χ3n) is 6.49. The van der Waals surface area contributed by atoms with E-state index in [1.54, 1.807) is 42.5 Å². The first-order chi connectivity index (χ1) is 17.1. The van der Waals surface area contributed by atoms with Crippen LogP contribution in [0, 0.1) is 5.95 Å². The highest BCUT2D eigenvalue weighted by molar-refractivity contribution is 6.07. The standard InChI is InChI=1S/C26H23F3N4O3/c1-25(13-15-5-3-6-17(11-15)35-23(28)29)14-26(22(34)33(2)24(30)32-26)19-12-16(8-9-20(19)36-25)18-7-4-10-31-21(18)27/h3-12,23H,13-14H2,1-2H3,(H2,30,32)/t25-,26-/m1/s1. The molecular formula is C26H23F3N4O3. The molecule has 36 heavy (non-hydrogen) atoms. The SMILES string of the molecule is CN1C(=O)[C@]2(C[C@@](C)(Cc3cccc(OC(F)F)c3)Oc3ccc(-c4cccnc4F)cc32)N=C1N. The summed E-state index contributed by atoms with van der Waals surface area (Å²) in [5.74, 6) is -0.497. The smallest absolute Gasteiger partial charge is 0.387 e. The van der Waals surface area contributed by atoms with Crippen LogP contribution in [0.3, 0.4) is 0 Å². The number of guanidine groups is 1. The summed E-state index contributed by atoms with van der Waals surface area (Å²) in [7, 11) is 1.54. The Morgan fingerprint density at radius 1 is 1.19 bits per heavy atom. The Morgan fingerprint density at radius 2 is 2.00 bits per heavy atom. The van der Waals surface area contributed by atoms with Crippen molar-refractivity contribution in [3.05, 3.63) is 77.9 Å². The van der Waals surface area contributed by atoms with Gasteiger partial charge in [-0.25, -0.2) is 9.98 Å². The molecule has 5 rings (SSSR count). The number of pyridine rings is 1. The van der Waals surface area contributed by atoms with Crippen LogP contribution in [-0.4, -0.2) is 41.0 Å². The summed E-state index contributed by atoms with van der Waals surface area (Å²) in [5.41, 5.74) is 5.65. The quantitative estimate of drug-likeness (QED) is 0.534. The Labute approximate surface area is 205 Å². The lowest BCUT2D eigenvalue weighted by molar-refractivity contribution is -0.133. The van der Waals surface area contributed by atoms with Crippen LogP contribution in [-0.2, 0) is 16.8 Å². The maximum Gasteiger partial charge on any atom is 0.387 e. The Balaban J connectivity index is 1.59. The molecule has 186 valence electrons. The molecule has 0 saturated heterocycles. The maximum absolute atomic E-state index is 14.4. The molecule has 1 spiro atoms. The largest absolute Gasteiger partial charge is 0.487 e. The zero-order chi connectivity index (χ0) is 25.7. The Bertz CT molecular complexity index is 1380. The van der Waals surface area contributed by atoms with Crippen molar-refractivity contribution >= 4 is 11.9 Å². The average Bonchev–Trinajstić information content (AvgIpc) is 3.02. The molecule has 3 aromatic rings. The fourth-order valence-corrected chi connectivity index (χ4v) is 5.00. The van der Waals surface area contributed by atoms with Gasteiger partial charge in [-0.1, -0.05) is 18.2 Å². The van der Waals surface area contributed by atoms with E-state index in [1.807, 2.05) is 6.92 Å². The van der Waals surface area contributed by atoms with Crippen LogP contribution in [0.2, 0.25) is 0 Å². The number of carbonyl (C=O) groups excluding carboxylic acids is 1. The van der Waals surface area contributed by atoms with Gasteiger partial charge in [0, 0.05) is 37.2 Å². The van der Waals surface area contributed by atoms with Gasteiger partial charge in [-0.15, -0.1) is 0 Å². The van der Waals surface area contributed by atoms with Crippen LogP contribution < -0.4 is 15.2 Å². The lowest BCUT2D eigenvalue weighted by Gasteiger charge is -2.43. The molecule has 7 nitrogen and oxygen atoms in total. The van der Waals surface area contributed by atoms with Crippen molar-refractivity contribution in [1.82, 2.24) is 9.88 Å². The second kappa shape index (κ2) is 8.54. The first kappa shape index (κ1) is 23.7. The molecule has 0 fully saturated rings. The van der Waals surface area contributed by atoms with Gasteiger partial charge in [-0.3, -0.25) is 9.69 Å². The molecule has 0 aliphatic carbocycles. The number of ether oxygens (including phenoxy) is 2. The van der Waals surface area contributed by atoms with E-state index in [1.165, 1.54) is 30.3 Å². The maximum atomic E-state index is 14.4. The van der Waals surface area contributed by atoms with Crippen LogP contribution >= 0.6 is 0 Å². The molecule has 0 unspecified atom stereocenters. The van der Waals surface area contributed by atoms with Crippen LogP contribution in [0.1, 0.15) is 24.5 Å².